The maximum Gasteiger partial charge on any atom is 0.243 e. The van der Waals surface area contributed by atoms with Gasteiger partial charge in [-0.2, -0.15) is 4.31 Å². The summed E-state index contributed by atoms with van der Waals surface area (Å²) in [5.41, 5.74) is 1.83. The molecule has 6 heteroatoms. The van der Waals surface area contributed by atoms with Crippen LogP contribution in [0.5, 0.6) is 0 Å². The Balaban J connectivity index is 0.00000147. The Morgan fingerprint density at radius 3 is 2.35 bits per heavy atom. The van der Waals surface area contributed by atoms with E-state index >= 15 is 0 Å². The number of nitrogens with zero attached hydrogens (tertiary/aromatic N) is 1. The molecule has 1 aromatic carbocycles. The topological polar surface area (TPSA) is 49.4 Å². The monoisotopic (exact) mass is 316 g/mol. The van der Waals surface area contributed by atoms with Gasteiger partial charge in [-0.15, -0.1) is 12.4 Å². The van der Waals surface area contributed by atoms with Crippen molar-refractivity contribution in [2.45, 2.75) is 18.7 Å². The van der Waals surface area contributed by atoms with E-state index in [1.165, 1.54) is 0 Å². The number of halogens is 1. The quantitative estimate of drug-likeness (QED) is 0.901. The summed E-state index contributed by atoms with van der Waals surface area (Å²) in [6.45, 7) is 7.01. The second-order valence-electron chi connectivity index (χ2n) is 5.77. The van der Waals surface area contributed by atoms with Crippen LogP contribution in [0, 0.1) is 25.7 Å². The zero-order valence-electron chi connectivity index (χ0n) is 11.8. The highest BCUT2D eigenvalue weighted by atomic mass is 35.5. The minimum absolute atomic E-state index is 0. The number of hydrogen-bond donors (Lipinski definition) is 1. The number of nitrogens with one attached hydrogen (secondary N) is 1. The number of benzene rings is 1. The van der Waals surface area contributed by atoms with Gasteiger partial charge in [-0.25, -0.2) is 8.42 Å². The molecule has 0 bridgehead atoms. The Morgan fingerprint density at radius 2 is 1.75 bits per heavy atom. The SMILES string of the molecule is Cc1ccc(C)c(S(=O)(=O)N2C[C@H]3CNC[C@H]3C2)c1.Cl. The van der Waals surface area contributed by atoms with Crippen molar-refractivity contribution in [1.82, 2.24) is 9.62 Å². The molecule has 2 fully saturated rings. The highest BCUT2D eigenvalue weighted by Gasteiger charge is 2.41. The highest BCUT2D eigenvalue weighted by Crippen LogP contribution is 2.31. The molecule has 0 unspecified atom stereocenters. The molecule has 0 saturated carbocycles. The van der Waals surface area contributed by atoms with Crippen LogP contribution >= 0.6 is 12.4 Å². The molecule has 3 rings (SSSR count). The van der Waals surface area contributed by atoms with Crippen molar-refractivity contribution < 1.29 is 8.42 Å². The summed E-state index contributed by atoms with van der Waals surface area (Å²) in [7, 11) is -3.33. The fourth-order valence-electron chi connectivity index (χ4n) is 3.13. The van der Waals surface area contributed by atoms with Gasteiger partial charge in [0.05, 0.1) is 4.90 Å². The van der Waals surface area contributed by atoms with Gasteiger partial charge in [-0.3, -0.25) is 0 Å². The average Bonchev–Trinajstić information content (AvgIpc) is 2.92. The lowest BCUT2D eigenvalue weighted by Crippen LogP contribution is -2.32. The molecule has 0 aliphatic carbocycles. The molecule has 1 N–H and O–H groups in total. The smallest absolute Gasteiger partial charge is 0.243 e. The van der Waals surface area contributed by atoms with E-state index in [-0.39, 0.29) is 12.4 Å². The third-order valence-electron chi connectivity index (χ3n) is 4.32. The van der Waals surface area contributed by atoms with E-state index in [0.717, 1.165) is 24.2 Å². The van der Waals surface area contributed by atoms with Gasteiger partial charge in [-0.05, 0) is 56.0 Å². The van der Waals surface area contributed by atoms with Crippen LogP contribution in [-0.4, -0.2) is 38.9 Å². The molecule has 0 radical (unpaired) electrons. The summed E-state index contributed by atoms with van der Waals surface area (Å²) in [4.78, 5) is 0.473. The van der Waals surface area contributed by atoms with Crippen LogP contribution in [0.4, 0.5) is 0 Å². The Morgan fingerprint density at radius 1 is 1.15 bits per heavy atom. The van der Waals surface area contributed by atoms with Crippen molar-refractivity contribution in [1.29, 1.82) is 0 Å². The third kappa shape index (κ3) is 2.60. The van der Waals surface area contributed by atoms with Crippen molar-refractivity contribution in [3.63, 3.8) is 0 Å². The molecular formula is C14H21ClN2O2S. The van der Waals surface area contributed by atoms with Crippen molar-refractivity contribution >= 4 is 22.4 Å². The van der Waals surface area contributed by atoms with Gasteiger partial charge in [0.15, 0.2) is 0 Å². The second kappa shape index (κ2) is 5.64. The third-order valence-corrected chi connectivity index (χ3v) is 6.29. The van der Waals surface area contributed by atoms with Crippen molar-refractivity contribution in [3.05, 3.63) is 29.3 Å². The molecule has 20 heavy (non-hydrogen) atoms. The minimum atomic E-state index is -3.33. The van der Waals surface area contributed by atoms with Crippen molar-refractivity contribution in [2.24, 2.45) is 11.8 Å². The molecule has 112 valence electrons. The van der Waals surface area contributed by atoms with Gasteiger partial charge >= 0.3 is 0 Å². The zero-order chi connectivity index (χ0) is 13.6. The van der Waals surface area contributed by atoms with E-state index < -0.39 is 10.0 Å². The van der Waals surface area contributed by atoms with Crippen LogP contribution < -0.4 is 5.32 Å². The van der Waals surface area contributed by atoms with E-state index in [1.807, 2.05) is 26.0 Å². The zero-order valence-corrected chi connectivity index (χ0v) is 13.4. The van der Waals surface area contributed by atoms with E-state index in [2.05, 4.69) is 5.32 Å². The largest absolute Gasteiger partial charge is 0.316 e. The summed E-state index contributed by atoms with van der Waals surface area (Å²) < 4.78 is 27.2. The molecule has 2 aliphatic heterocycles. The first-order valence-corrected chi connectivity index (χ1v) is 8.20. The van der Waals surface area contributed by atoms with Gasteiger partial charge in [0.25, 0.3) is 0 Å². The summed E-state index contributed by atoms with van der Waals surface area (Å²) in [6.07, 6.45) is 0. The number of aryl methyl sites for hydroxylation is 2. The molecule has 1 aromatic rings. The van der Waals surface area contributed by atoms with Gasteiger partial charge in [0.2, 0.25) is 10.0 Å². The number of fused-ring (bicyclic) bond motifs is 1. The Labute approximate surface area is 127 Å². The maximum atomic E-state index is 12.7. The molecule has 0 amide bonds. The van der Waals surface area contributed by atoms with Crippen LogP contribution in [0.25, 0.3) is 0 Å². The van der Waals surface area contributed by atoms with E-state index in [1.54, 1.807) is 10.4 Å². The molecular weight excluding hydrogens is 296 g/mol. The van der Waals surface area contributed by atoms with E-state index in [4.69, 9.17) is 0 Å². The first-order chi connectivity index (χ1) is 8.98. The fourth-order valence-corrected chi connectivity index (χ4v) is 5.00. The number of hydrogen-bond acceptors (Lipinski definition) is 3. The lowest BCUT2D eigenvalue weighted by atomic mass is 10.0. The summed E-state index contributed by atoms with van der Waals surface area (Å²) in [6, 6.07) is 5.63. The standard InChI is InChI=1S/C14H20N2O2S.ClH/c1-10-3-4-11(2)14(5-10)19(17,18)16-8-12-6-15-7-13(12)9-16;/h3-5,12-13,15H,6-9H2,1-2H3;1H/t12-,13+;. The molecule has 2 heterocycles. The molecule has 0 aromatic heterocycles. The van der Waals surface area contributed by atoms with Crippen LogP contribution in [0.2, 0.25) is 0 Å². The Kier molecular flexibility index (Phi) is 4.44. The predicted molar refractivity (Wildman–Crippen MR) is 81.8 cm³/mol. The molecule has 2 atom stereocenters. The molecule has 4 nitrogen and oxygen atoms in total. The summed E-state index contributed by atoms with van der Waals surface area (Å²) in [5, 5.41) is 3.34. The van der Waals surface area contributed by atoms with Crippen LogP contribution in [-0.2, 0) is 10.0 Å². The molecule has 2 saturated heterocycles. The van der Waals surface area contributed by atoms with Crippen LogP contribution in [0.1, 0.15) is 11.1 Å². The number of rotatable bonds is 2. The lowest BCUT2D eigenvalue weighted by Gasteiger charge is -2.19. The Bertz CT molecular complexity index is 591. The van der Waals surface area contributed by atoms with Crippen LogP contribution in [0.3, 0.4) is 0 Å². The normalized spacial score (nSPS) is 26.3. The minimum Gasteiger partial charge on any atom is -0.316 e. The van der Waals surface area contributed by atoms with Crippen molar-refractivity contribution in [3.8, 4) is 0 Å². The van der Waals surface area contributed by atoms with E-state index in [0.29, 0.717) is 29.8 Å². The van der Waals surface area contributed by atoms with Crippen molar-refractivity contribution in [2.75, 3.05) is 26.2 Å². The second-order valence-corrected chi connectivity index (χ2v) is 7.68. The average molecular weight is 317 g/mol. The van der Waals surface area contributed by atoms with Crippen LogP contribution in [0.15, 0.2) is 23.1 Å². The molecule has 2 aliphatic rings. The van der Waals surface area contributed by atoms with Gasteiger partial charge < -0.3 is 5.32 Å². The fraction of sp³-hybridized carbons (Fsp3) is 0.571. The van der Waals surface area contributed by atoms with Gasteiger partial charge in [0, 0.05) is 13.1 Å². The van der Waals surface area contributed by atoms with E-state index in [9.17, 15) is 8.42 Å². The summed E-state index contributed by atoms with van der Waals surface area (Å²) >= 11 is 0. The first kappa shape index (κ1) is 15.8. The Hall–Kier alpha value is -0.620. The van der Waals surface area contributed by atoms with Gasteiger partial charge in [-0.1, -0.05) is 12.1 Å². The lowest BCUT2D eigenvalue weighted by molar-refractivity contribution is 0.447. The molecule has 0 spiro atoms. The van der Waals surface area contributed by atoms with Gasteiger partial charge in [0.1, 0.15) is 0 Å². The first-order valence-electron chi connectivity index (χ1n) is 6.76. The summed E-state index contributed by atoms with van der Waals surface area (Å²) in [5.74, 6) is 0.972. The number of sulfonamides is 1. The highest BCUT2D eigenvalue weighted by molar-refractivity contribution is 7.89. The maximum absolute atomic E-state index is 12.7. The predicted octanol–water partition coefficient (Wildman–Crippen LogP) is 1.57.